The molecule has 0 bridgehead atoms. The van der Waals surface area contributed by atoms with E-state index in [0.29, 0.717) is 11.0 Å². The maximum atomic E-state index is 11.2. The Bertz CT molecular complexity index is 484. The average molecular weight is 217 g/mol. The van der Waals surface area contributed by atoms with Gasteiger partial charge >= 0.3 is 51.4 Å². The summed E-state index contributed by atoms with van der Waals surface area (Å²) in [7, 11) is 0. The summed E-state index contributed by atoms with van der Waals surface area (Å²) in [5.74, 6) is 0. The van der Waals surface area contributed by atoms with Crippen LogP contribution in [0, 0.1) is 0 Å². The van der Waals surface area contributed by atoms with E-state index in [-0.39, 0.29) is 62.1 Å². The molecule has 0 spiro atoms. The van der Waals surface area contributed by atoms with Crippen molar-refractivity contribution in [3.63, 3.8) is 0 Å². The van der Waals surface area contributed by atoms with Gasteiger partial charge in [0.1, 0.15) is 0 Å². The van der Waals surface area contributed by atoms with Crippen molar-refractivity contribution < 1.29 is 51.4 Å². The van der Waals surface area contributed by atoms with Crippen LogP contribution in [-0.4, -0.2) is 15.0 Å². The van der Waals surface area contributed by atoms with Crippen LogP contribution >= 0.6 is 0 Å². The van der Waals surface area contributed by atoms with Crippen LogP contribution in [0.3, 0.4) is 0 Å². The summed E-state index contributed by atoms with van der Waals surface area (Å²) in [5.41, 5.74) is 0.572. The molecular weight excluding hydrogens is 213 g/mol. The molecule has 2 rings (SSSR count). The first kappa shape index (κ1) is 11.2. The number of hydrogen-bond acceptors (Lipinski definition) is 4. The SMILES string of the molecule is O=c1[nH]c([S-])nc2cccnc12.[K+]. The Kier molecular flexibility index (Phi) is 3.96. The number of fused-ring (bicyclic) bond motifs is 1. The van der Waals surface area contributed by atoms with E-state index >= 15 is 0 Å². The molecule has 0 unspecified atom stereocenters. The molecule has 0 aliphatic carbocycles. The van der Waals surface area contributed by atoms with Crippen molar-refractivity contribution >= 4 is 23.7 Å². The Morgan fingerprint density at radius 2 is 2.23 bits per heavy atom. The molecule has 0 saturated carbocycles. The van der Waals surface area contributed by atoms with Crippen molar-refractivity contribution in [1.82, 2.24) is 15.0 Å². The van der Waals surface area contributed by atoms with Gasteiger partial charge in [-0.2, -0.15) is 0 Å². The summed E-state index contributed by atoms with van der Waals surface area (Å²) < 4.78 is 0. The Labute approximate surface area is 122 Å². The molecule has 2 aromatic heterocycles. The number of aromatic amines is 1. The van der Waals surface area contributed by atoms with Gasteiger partial charge in [-0.3, -0.25) is 9.78 Å². The first-order chi connectivity index (χ1) is 5.77. The van der Waals surface area contributed by atoms with Crippen LogP contribution < -0.4 is 56.9 Å². The average Bonchev–Trinajstić information content (AvgIpc) is 2.04. The van der Waals surface area contributed by atoms with E-state index in [0.717, 1.165) is 0 Å². The molecule has 2 aromatic rings. The number of hydrogen-bond donors (Lipinski definition) is 1. The van der Waals surface area contributed by atoms with Crippen molar-refractivity contribution in [3.8, 4) is 0 Å². The van der Waals surface area contributed by atoms with Crippen molar-refractivity contribution in [1.29, 1.82) is 0 Å². The largest absolute Gasteiger partial charge is 1.00 e. The van der Waals surface area contributed by atoms with Crippen molar-refractivity contribution in [3.05, 3.63) is 28.7 Å². The minimum atomic E-state index is -0.286. The van der Waals surface area contributed by atoms with Gasteiger partial charge < -0.3 is 17.6 Å². The molecule has 0 fully saturated rings. The third-order valence-electron chi connectivity index (χ3n) is 1.44. The van der Waals surface area contributed by atoms with Gasteiger partial charge in [0, 0.05) is 6.20 Å². The normalized spacial score (nSPS) is 9.54. The second-order valence-electron chi connectivity index (χ2n) is 2.24. The van der Waals surface area contributed by atoms with Gasteiger partial charge in [-0.25, -0.2) is 4.98 Å². The minimum Gasteiger partial charge on any atom is -0.742 e. The maximum absolute atomic E-state index is 11.2. The monoisotopic (exact) mass is 217 g/mol. The zero-order valence-corrected chi connectivity index (χ0v) is 10.9. The Balaban J connectivity index is 0.000000845. The standard InChI is InChI=1S/C7H5N3OS.K/c11-6-5-4(2-1-3-8-5)9-7(12)10-6;/h1-3H,(H2,9,10,11,12);/q;+1/p-1. The Morgan fingerprint density at radius 3 is 3.00 bits per heavy atom. The fourth-order valence-corrected chi connectivity index (χ4v) is 1.15. The predicted octanol–water partition coefficient (Wildman–Crippen LogP) is -2.77. The number of rotatable bonds is 0. The topological polar surface area (TPSA) is 58.6 Å². The fourth-order valence-electron chi connectivity index (χ4n) is 0.956. The van der Waals surface area contributed by atoms with Gasteiger partial charge in [-0.1, -0.05) is 0 Å². The molecule has 0 aromatic carbocycles. The van der Waals surface area contributed by atoms with Gasteiger partial charge in [-0.05, 0) is 17.3 Å². The summed E-state index contributed by atoms with van der Waals surface area (Å²) >= 11 is 4.73. The zero-order chi connectivity index (χ0) is 8.55. The van der Waals surface area contributed by atoms with E-state index in [2.05, 4.69) is 15.0 Å². The summed E-state index contributed by atoms with van der Waals surface area (Å²) in [4.78, 5) is 21.4. The summed E-state index contributed by atoms with van der Waals surface area (Å²) in [6, 6.07) is 3.41. The zero-order valence-electron chi connectivity index (χ0n) is 6.94. The molecule has 1 N–H and O–H groups in total. The molecule has 4 nitrogen and oxygen atoms in total. The molecule has 0 amide bonds. The molecule has 60 valence electrons. The van der Waals surface area contributed by atoms with Crippen molar-refractivity contribution in [2.45, 2.75) is 5.16 Å². The number of aromatic nitrogens is 3. The van der Waals surface area contributed by atoms with E-state index < -0.39 is 0 Å². The summed E-state index contributed by atoms with van der Waals surface area (Å²) in [5, 5.41) is 0.195. The number of H-pyrrole nitrogens is 1. The summed E-state index contributed by atoms with van der Waals surface area (Å²) in [6.45, 7) is 0. The quantitative estimate of drug-likeness (QED) is 0.295. The van der Waals surface area contributed by atoms with Crippen molar-refractivity contribution in [2.75, 3.05) is 0 Å². The third-order valence-corrected chi connectivity index (χ3v) is 1.64. The van der Waals surface area contributed by atoms with Gasteiger partial charge in [-0.15, -0.1) is 0 Å². The van der Waals surface area contributed by atoms with Crippen molar-refractivity contribution in [2.24, 2.45) is 0 Å². The summed E-state index contributed by atoms with van der Waals surface area (Å²) in [6.07, 6.45) is 1.54. The van der Waals surface area contributed by atoms with Crippen LogP contribution in [0.1, 0.15) is 0 Å². The van der Waals surface area contributed by atoms with Gasteiger partial charge in [0.15, 0.2) is 5.52 Å². The molecule has 0 atom stereocenters. The van der Waals surface area contributed by atoms with E-state index in [4.69, 9.17) is 12.6 Å². The first-order valence-corrected chi connectivity index (χ1v) is 3.70. The number of nitrogens with zero attached hydrogens (tertiary/aromatic N) is 2. The van der Waals surface area contributed by atoms with Crippen LogP contribution in [0.2, 0.25) is 0 Å². The molecule has 0 radical (unpaired) electrons. The van der Waals surface area contributed by atoms with E-state index in [1.807, 2.05) is 0 Å². The first-order valence-electron chi connectivity index (χ1n) is 3.29. The molecule has 0 aliphatic heterocycles. The molecule has 0 saturated heterocycles. The van der Waals surface area contributed by atoms with E-state index in [1.54, 1.807) is 18.3 Å². The molecular formula is C7H4KN3OS. The van der Waals surface area contributed by atoms with E-state index in [1.165, 1.54) is 0 Å². The predicted molar refractivity (Wildman–Crippen MR) is 45.8 cm³/mol. The molecule has 6 heteroatoms. The maximum Gasteiger partial charge on any atom is 1.00 e. The smallest absolute Gasteiger partial charge is 0.742 e. The van der Waals surface area contributed by atoms with Crippen LogP contribution in [0.15, 0.2) is 28.3 Å². The van der Waals surface area contributed by atoms with Crippen LogP contribution in [0.5, 0.6) is 0 Å². The van der Waals surface area contributed by atoms with Crippen LogP contribution in [0.4, 0.5) is 0 Å². The van der Waals surface area contributed by atoms with Gasteiger partial charge in [0.25, 0.3) is 5.56 Å². The third kappa shape index (κ3) is 2.33. The van der Waals surface area contributed by atoms with Gasteiger partial charge in [0.2, 0.25) is 0 Å². The number of nitrogens with one attached hydrogen (secondary N) is 1. The Morgan fingerprint density at radius 1 is 1.46 bits per heavy atom. The van der Waals surface area contributed by atoms with Crippen LogP contribution in [-0.2, 0) is 12.6 Å². The minimum absolute atomic E-state index is 0. The van der Waals surface area contributed by atoms with E-state index in [9.17, 15) is 4.79 Å². The number of pyridine rings is 1. The Hall–Kier alpha value is 0.146. The fraction of sp³-hybridized carbons (Fsp3) is 0. The van der Waals surface area contributed by atoms with Crippen LogP contribution in [0.25, 0.3) is 11.0 Å². The second kappa shape index (κ2) is 4.58. The van der Waals surface area contributed by atoms with Gasteiger partial charge in [0.05, 0.1) is 5.52 Å². The molecule has 13 heavy (non-hydrogen) atoms. The molecule has 2 heterocycles. The molecule has 0 aliphatic rings. The second-order valence-corrected chi connectivity index (χ2v) is 2.63.